The Bertz CT molecular complexity index is 213. The van der Waals surface area contributed by atoms with E-state index in [1.54, 1.807) is 0 Å². The van der Waals surface area contributed by atoms with Crippen molar-refractivity contribution in [3.63, 3.8) is 0 Å². The Morgan fingerprint density at radius 2 is 1.17 bits per heavy atom. The van der Waals surface area contributed by atoms with Crippen LogP contribution < -0.4 is 0 Å². The summed E-state index contributed by atoms with van der Waals surface area (Å²) in [6.07, 6.45) is 0. The van der Waals surface area contributed by atoms with Crippen LogP contribution in [0.3, 0.4) is 0 Å². The summed E-state index contributed by atoms with van der Waals surface area (Å²) in [6.45, 7) is 9.09. The second-order valence-corrected chi connectivity index (χ2v) is 2.03. The molecular weight excluding hydrogens is 160 g/mol. The second kappa shape index (κ2) is 4.33. The molecule has 0 aromatic heterocycles. The third kappa shape index (κ3) is 4.27. The van der Waals surface area contributed by atoms with Crippen LogP contribution >= 0.6 is 0 Å². The van der Waals surface area contributed by atoms with E-state index in [1.807, 2.05) is 0 Å². The van der Waals surface area contributed by atoms with E-state index in [0.29, 0.717) is 0 Å². The molecule has 0 aromatic carbocycles. The summed E-state index contributed by atoms with van der Waals surface area (Å²) < 4.78 is 9.01. The van der Waals surface area contributed by atoms with Crippen LogP contribution in [0.4, 0.5) is 0 Å². The summed E-state index contributed by atoms with van der Waals surface area (Å²) in [5.41, 5.74) is 0. The predicted octanol–water partition coefficient (Wildman–Crippen LogP) is 1.14. The van der Waals surface area contributed by atoms with Crippen molar-refractivity contribution >= 4 is 11.9 Å². The lowest BCUT2D eigenvalue weighted by Crippen LogP contribution is -2.05. The zero-order valence-corrected chi connectivity index (χ0v) is 7.05. The number of carbonyl (C=O) groups is 2. The van der Waals surface area contributed by atoms with Crippen LogP contribution in [-0.4, -0.2) is 11.9 Å². The largest absolute Gasteiger partial charge is 0.423 e. The molecule has 0 heterocycles. The van der Waals surface area contributed by atoms with Gasteiger partial charge < -0.3 is 9.47 Å². The lowest BCUT2D eigenvalue weighted by molar-refractivity contribution is -0.141. The van der Waals surface area contributed by atoms with Crippen molar-refractivity contribution in [3.05, 3.63) is 24.7 Å². The number of ether oxygens (including phenoxy) is 2. The second-order valence-electron chi connectivity index (χ2n) is 2.03. The van der Waals surface area contributed by atoms with Crippen LogP contribution in [0.15, 0.2) is 24.7 Å². The van der Waals surface area contributed by atoms with Gasteiger partial charge in [0.25, 0.3) is 0 Å². The Balaban J connectivity index is 4.03. The van der Waals surface area contributed by atoms with E-state index in [9.17, 15) is 9.59 Å². The molecule has 0 amide bonds. The first kappa shape index (κ1) is 10.4. The lowest BCUT2D eigenvalue weighted by Gasteiger charge is -2.06. The van der Waals surface area contributed by atoms with Gasteiger partial charge in [0.05, 0.1) is 0 Å². The minimum atomic E-state index is -0.534. The molecule has 0 unspecified atom stereocenters. The van der Waals surface area contributed by atoms with Gasteiger partial charge in [-0.2, -0.15) is 0 Å². The first-order chi connectivity index (χ1) is 5.43. The Morgan fingerprint density at radius 1 is 0.917 bits per heavy atom. The predicted molar refractivity (Wildman–Crippen MR) is 41.8 cm³/mol. The smallest absolute Gasteiger partial charge is 0.308 e. The monoisotopic (exact) mass is 170 g/mol. The summed E-state index contributed by atoms with van der Waals surface area (Å²) in [7, 11) is 0. The molecule has 0 N–H and O–H groups in total. The van der Waals surface area contributed by atoms with Crippen LogP contribution in [0.5, 0.6) is 0 Å². The highest BCUT2D eigenvalue weighted by Crippen LogP contribution is 2.08. The van der Waals surface area contributed by atoms with Crippen molar-refractivity contribution in [1.82, 2.24) is 0 Å². The van der Waals surface area contributed by atoms with Crippen molar-refractivity contribution in [2.24, 2.45) is 0 Å². The molecule has 0 fully saturated rings. The fraction of sp³-hybridized carbons (Fsp3) is 0.250. The molecule has 4 nitrogen and oxygen atoms in total. The third-order valence-corrected chi connectivity index (χ3v) is 0.845. The van der Waals surface area contributed by atoms with Gasteiger partial charge >= 0.3 is 11.9 Å². The van der Waals surface area contributed by atoms with Crippen LogP contribution in [0.1, 0.15) is 13.8 Å². The molecule has 66 valence electrons. The maximum atomic E-state index is 10.4. The molecule has 12 heavy (non-hydrogen) atoms. The number of hydrogen-bond acceptors (Lipinski definition) is 4. The highest BCUT2D eigenvalue weighted by atomic mass is 16.6. The zero-order chi connectivity index (χ0) is 9.72. The molecule has 0 aliphatic heterocycles. The van der Waals surface area contributed by atoms with Gasteiger partial charge in [-0.25, -0.2) is 0 Å². The number of hydrogen-bond donors (Lipinski definition) is 0. The fourth-order valence-corrected chi connectivity index (χ4v) is 0.461. The van der Waals surface area contributed by atoms with Gasteiger partial charge in [0.2, 0.25) is 0 Å². The number of rotatable bonds is 3. The van der Waals surface area contributed by atoms with E-state index in [1.165, 1.54) is 13.8 Å². The Hall–Kier alpha value is -1.58. The summed E-state index contributed by atoms with van der Waals surface area (Å²) in [5, 5.41) is 0. The molecule has 0 saturated carbocycles. The van der Waals surface area contributed by atoms with Gasteiger partial charge in [0.15, 0.2) is 11.5 Å². The number of carbonyl (C=O) groups excluding carboxylic acids is 2. The van der Waals surface area contributed by atoms with Gasteiger partial charge in [0.1, 0.15) is 0 Å². The molecule has 0 saturated heterocycles. The van der Waals surface area contributed by atoms with Crippen molar-refractivity contribution in [1.29, 1.82) is 0 Å². The van der Waals surface area contributed by atoms with Crippen LogP contribution in [0.2, 0.25) is 0 Å². The van der Waals surface area contributed by atoms with Gasteiger partial charge in [-0.05, 0) is 0 Å². The molecule has 4 heteroatoms. The SMILES string of the molecule is C=C(OC(C)=O)C(=C)OC(C)=O. The molecule has 0 spiro atoms. The summed E-state index contributed by atoms with van der Waals surface area (Å²) >= 11 is 0. The molecule has 0 radical (unpaired) electrons. The van der Waals surface area contributed by atoms with E-state index in [2.05, 4.69) is 22.6 Å². The Kier molecular flexibility index (Phi) is 3.76. The van der Waals surface area contributed by atoms with Crippen molar-refractivity contribution < 1.29 is 19.1 Å². The van der Waals surface area contributed by atoms with Gasteiger partial charge in [0, 0.05) is 13.8 Å². The molecule has 0 rings (SSSR count). The summed E-state index contributed by atoms with van der Waals surface area (Å²) in [5.74, 6) is -1.18. The maximum Gasteiger partial charge on any atom is 0.308 e. The quantitative estimate of drug-likeness (QED) is 0.362. The molecular formula is C8H10O4. The van der Waals surface area contributed by atoms with Crippen molar-refractivity contribution in [2.45, 2.75) is 13.8 Å². The topological polar surface area (TPSA) is 52.6 Å². The fourth-order valence-electron chi connectivity index (χ4n) is 0.461. The first-order valence-electron chi connectivity index (χ1n) is 3.18. The third-order valence-electron chi connectivity index (χ3n) is 0.845. The first-order valence-corrected chi connectivity index (χ1v) is 3.18. The number of esters is 2. The zero-order valence-electron chi connectivity index (χ0n) is 7.05. The summed E-state index contributed by atoms with van der Waals surface area (Å²) in [4.78, 5) is 20.8. The van der Waals surface area contributed by atoms with Crippen molar-refractivity contribution in [3.8, 4) is 0 Å². The van der Waals surface area contributed by atoms with E-state index < -0.39 is 11.9 Å². The van der Waals surface area contributed by atoms with Gasteiger partial charge in [-0.1, -0.05) is 13.2 Å². The average Bonchev–Trinajstić information content (AvgIpc) is 1.84. The average molecular weight is 170 g/mol. The highest BCUT2D eigenvalue weighted by molar-refractivity contribution is 5.69. The minimum absolute atomic E-state index is 0.0577. The Labute approximate surface area is 70.5 Å². The molecule has 0 aromatic rings. The normalized spacial score (nSPS) is 8.50. The standard InChI is InChI=1S/C8H10O4/c1-5(11-7(3)9)6(2)12-8(4)10/h1-2H2,3-4H3. The van der Waals surface area contributed by atoms with Crippen LogP contribution in [0, 0.1) is 0 Å². The molecule has 0 bridgehead atoms. The van der Waals surface area contributed by atoms with Crippen molar-refractivity contribution in [2.75, 3.05) is 0 Å². The van der Waals surface area contributed by atoms with E-state index >= 15 is 0 Å². The minimum Gasteiger partial charge on any atom is -0.423 e. The van der Waals surface area contributed by atoms with Gasteiger partial charge in [-0.15, -0.1) is 0 Å². The molecule has 0 atom stereocenters. The van der Waals surface area contributed by atoms with Gasteiger partial charge in [-0.3, -0.25) is 9.59 Å². The molecule has 0 aliphatic rings. The lowest BCUT2D eigenvalue weighted by atomic mass is 10.5. The summed E-state index contributed by atoms with van der Waals surface area (Å²) in [6, 6.07) is 0. The molecule has 0 aliphatic carbocycles. The maximum absolute atomic E-state index is 10.4. The van der Waals surface area contributed by atoms with E-state index in [-0.39, 0.29) is 11.5 Å². The highest BCUT2D eigenvalue weighted by Gasteiger charge is 2.07. The Morgan fingerprint density at radius 3 is 1.33 bits per heavy atom. The van der Waals surface area contributed by atoms with E-state index in [4.69, 9.17) is 0 Å². The van der Waals surface area contributed by atoms with Crippen LogP contribution in [-0.2, 0) is 19.1 Å². The van der Waals surface area contributed by atoms with E-state index in [0.717, 1.165) is 0 Å². The van der Waals surface area contributed by atoms with Crippen LogP contribution in [0.25, 0.3) is 0 Å².